The Morgan fingerprint density at radius 1 is 1.03 bits per heavy atom. The number of aliphatic hydroxyl groups is 2. The molecule has 1 aromatic heterocycles. The molecule has 0 saturated heterocycles. The zero-order valence-electron chi connectivity index (χ0n) is 19.8. The molecule has 0 amide bonds. The van der Waals surface area contributed by atoms with E-state index in [1.54, 1.807) is 12.3 Å². The SMILES string of the molecule is Cc1ccc(-c2ccc(C3(c4ccc([N+](=O)[O-])cc4)OC(=O)C(O)=C3O)c(C3CCCCC3)c2)nc1. The standard InChI is InChI=1S/C28H26N2O6/c1-17-7-14-24(29-16-17)19-8-13-23(22(15-19)18-5-3-2-4-6-18)28(26(32)25(31)27(33)36-28)20-9-11-21(12-10-20)30(34)35/h7-16,18,31-32H,2-6H2,1H3. The maximum absolute atomic E-state index is 12.5. The first-order valence-electron chi connectivity index (χ1n) is 12.0. The van der Waals surface area contributed by atoms with Gasteiger partial charge in [-0.15, -0.1) is 0 Å². The molecule has 1 aliphatic heterocycles. The smallest absolute Gasteiger partial charge is 0.378 e. The number of aliphatic hydroxyl groups excluding tert-OH is 2. The van der Waals surface area contributed by atoms with E-state index in [1.807, 2.05) is 31.2 Å². The molecule has 0 bridgehead atoms. The van der Waals surface area contributed by atoms with E-state index in [4.69, 9.17) is 4.74 Å². The molecule has 8 nitrogen and oxygen atoms in total. The van der Waals surface area contributed by atoms with Crippen LogP contribution in [0.4, 0.5) is 5.69 Å². The normalized spacial score (nSPS) is 20.4. The molecule has 3 aromatic rings. The molecule has 1 atom stereocenters. The number of carbonyl (C=O) groups is 1. The molecule has 5 rings (SSSR count). The van der Waals surface area contributed by atoms with Crippen molar-refractivity contribution in [2.24, 2.45) is 0 Å². The zero-order chi connectivity index (χ0) is 25.4. The first kappa shape index (κ1) is 23.5. The van der Waals surface area contributed by atoms with Gasteiger partial charge in [0.05, 0.1) is 10.6 Å². The molecule has 1 fully saturated rings. The Balaban J connectivity index is 1.74. The number of carbonyl (C=O) groups excluding carboxylic acids is 1. The summed E-state index contributed by atoms with van der Waals surface area (Å²) >= 11 is 0. The molecular formula is C28H26N2O6. The van der Waals surface area contributed by atoms with Crippen LogP contribution in [0.1, 0.15) is 60.3 Å². The van der Waals surface area contributed by atoms with E-state index in [0.29, 0.717) is 11.1 Å². The fourth-order valence-electron chi connectivity index (χ4n) is 5.28. The summed E-state index contributed by atoms with van der Waals surface area (Å²) in [5.74, 6) is -2.40. The number of cyclic esters (lactones) is 1. The van der Waals surface area contributed by atoms with Gasteiger partial charge in [0.25, 0.3) is 5.69 Å². The van der Waals surface area contributed by atoms with Crippen molar-refractivity contribution < 1.29 is 24.7 Å². The number of pyridine rings is 1. The van der Waals surface area contributed by atoms with Gasteiger partial charge in [0.15, 0.2) is 5.76 Å². The maximum atomic E-state index is 12.5. The Labute approximate surface area is 208 Å². The number of hydrogen-bond acceptors (Lipinski definition) is 7. The average molecular weight is 487 g/mol. The summed E-state index contributed by atoms with van der Waals surface area (Å²) in [6.07, 6.45) is 6.90. The molecule has 184 valence electrons. The molecule has 8 heteroatoms. The van der Waals surface area contributed by atoms with E-state index >= 15 is 0 Å². The number of esters is 1. The number of aryl methyl sites for hydroxylation is 1. The van der Waals surface area contributed by atoms with E-state index in [2.05, 4.69) is 4.98 Å². The second-order valence-corrected chi connectivity index (χ2v) is 9.43. The van der Waals surface area contributed by atoms with Gasteiger partial charge in [-0.2, -0.15) is 0 Å². The van der Waals surface area contributed by atoms with Gasteiger partial charge in [-0.25, -0.2) is 4.79 Å². The van der Waals surface area contributed by atoms with Crippen LogP contribution in [0, 0.1) is 17.0 Å². The second kappa shape index (κ2) is 9.11. The fraction of sp³-hybridized carbons (Fsp3) is 0.286. The Kier molecular flexibility index (Phi) is 5.96. The summed E-state index contributed by atoms with van der Waals surface area (Å²) in [7, 11) is 0. The average Bonchev–Trinajstić information content (AvgIpc) is 3.14. The number of nitro groups is 1. The summed E-state index contributed by atoms with van der Waals surface area (Å²) in [6.45, 7) is 1.97. The van der Waals surface area contributed by atoms with Gasteiger partial charge in [0.2, 0.25) is 11.4 Å². The Morgan fingerprint density at radius 2 is 1.75 bits per heavy atom. The molecule has 1 aliphatic carbocycles. The zero-order valence-corrected chi connectivity index (χ0v) is 19.8. The van der Waals surface area contributed by atoms with E-state index in [1.165, 1.54) is 24.3 Å². The summed E-state index contributed by atoms with van der Waals surface area (Å²) in [5.41, 5.74) is 2.48. The summed E-state index contributed by atoms with van der Waals surface area (Å²) < 4.78 is 5.74. The van der Waals surface area contributed by atoms with Crippen LogP contribution in [0.5, 0.6) is 0 Å². The topological polar surface area (TPSA) is 123 Å². The van der Waals surface area contributed by atoms with Crippen LogP contribution in [-0.2, 0) is 15.1 Å². The van der Waals surface area contributed by atoms with E-state index < -0.39 is 28.0 Å². The Hall–Kier alpha value is -4.20. The number of non-ortho nitro benzene ring substituents is 1. The van der Waals surface area contributed by atoms with E-state index in [0.717, 1.165) is 54.5 Å². The van der Waals surface area contributed by atoms with Crippen molar-refractivity contribution in [3.8, 4) is 11.3 Å². The van der Waals surface area contributed by atoms with Gasteiger partial charge in [0.1, 0.15) is 0 Å². The lowest BCUT2D eigenvalue weighted by Gasteiger charge is -2.34. The molecule has 36 heavy (non-hydrogen) atoms. The third kappa shape index (κ3) is 3.88. The predicted octanol–water partition coefficient (Wildman–Crippen LogP) is 6.14. The highest BCUT2D eigenvalue weighted by Crippen LogP contribution is 2.49. The van der Waals surface area contributed by atoms with Crippen molar-refractivity contribution in [1.82, 2.24) is 4.98 Å². The van der Waals surface area contributed by atoms with E-state index in [-0.39, 0.29) is 11.6 Å². The number of nitrogens with zero attached hydrogens (tertiary/aromatic N) is 2. The minimum Gasteiger partial charge on any atom is -0.504 e. The molecule has 2 N–H and O–H groups in total. The predicted molar refractivity (Wildman–Crippen MR) is 132 cm³/mol. The molecule has 2 aromatic carbocycles. The van der Waals surface area contributed by atoms with E-state index in [9.17, 15) is 25.1 Å². The highest BCUT2D eigenvalue weighted by molar-refractivity contribution is 5.91. The van der Waals surface area contributed by atoms with Crippen molar-refractivity contribution in [1.29, 1.82) is 0 Å². The molecular weight excluding hydrogens is 460 g/mol. The largest absolute Gasteiger partial charge is 0.504 e. The number of aromatic nitrogens is 1. The Morgan fingerprint density at radius 3 is 2.33 bits per heavy atom. The van der Waals surface area contributed by atoms with Crippen LogP contribution < -0.4 is 0 Å². The quantitative estimate of drug-likeness (QED) is 0.252. The Bertz CT molecular complexity index is 1360. The summed E-state index contributed by atoms with van der Waals surface area (Å²) in [6, 6.07) is 15.1. The highest BCUT2D eigenvalue weighted by atomic mass is 16.6. The number of hydrogen-bond donors (Lipinski definition) is 2. The van der Waals surface area contributed by atoms with Crippen molar-refractivity contribution in [2.75, 3.05) is 0 Å². The highest BCUT2D eigenvalue weighted by Gasteiger charge is 2.53. The second-order valence-electron chi connectivity index (χ2n) is 9.43. The van der Waals surface area contributed by atoms with Gasteiger partial charge in [0, 0.05) is 35.0 Å². The molecule has 0 radical (unpaired) electrons. The first-order valence-corrected chi connectivity index (χ1v) is 12.0. The van der Waals surface area contributed by atoms with Gasteiger partial charge in [-0.05, 0) is 61.1 Å². The summed E-state index contributed by atoms with van der Waals surface area (Å²) in [4.78, 5) is 27.8. The molecule has 1 unspecified atom stereocenters. The molecule has 1 saturated carbocycles. The molecule has 2 heterocycles. The van der Waals surface area contributed by atoms with Crippen molar-refractivity contribution in [3.63, 3.8) is 0 Å². The van der Waals surface area contributed by atoms with Crippen LogP contribution in [0.2, 0.25) is 0 Å². The van der Waals surface area contributed by atoms with Crippen LogP contribution in [0.25, 0.3) is 11.3 Å². The lowest BCUT2D eigenvalue weighted by Crippen LogP contribution is -2.33. The number of rotatable bonds is 5. The fourth-order valence-corrected chi connectivity index (χ4v) is 5.28. The minimum atomic E-state index is -1.82. The molecule has 2 aliphatic rings. The van der Waals surface area contributed by atoms with Gasteiger partial charge in [-0.1, -0.05) is 37.5 Å². The number of nitro benzene ring substituents is 1. The maximum Gasteiger partial charge on any atom is 0.378 e. The molecule has 0 spiro atoms. The monoisotopic (exact) mass is 486 g/mol. The number of benzene rings is 2. The summed E-state index contributed by atoms with van der Waals surface area (Å²) in [5, 5.41) is 32.7. The number of ether oxygens (including phenoxy) is 1. The minimum absolute atomic E-state index is 0.140. The van der Waals surface area contributed by atoms with Crippen LogP contribution in [0.15, 0.2) is 72.3 Å². The van der Waals surface area contributed by atoms with Gasteiger partial charge < -0.3 is 14.9 Å². The third-order valence-electron chi connectivity index (χ3n) is 7.16. The first-order chi connectivity index (χ1) is 17.3. The lowest BCUT2D eigenvalue weighted by molar-refractivity contribution is -0.384. The van der Waals surface area contributed by atoms with Gasteiger partial charge in [-0.3, -0.25) is 15.1 Å². The van der Waals surface area contributed by atoms with Crippen molar-refractivity contribution in [2.45, 2.75) is 50.5 Å². The van der Waals surface area contributed by atoms with Crippen molar-refractivity contribution >= 4 is 11.7 Å². The lowest BCUT2D eigenvalue weighted by atomic mass is 9.75. The van der Waals surface area contributed by atoms with Crippen LogP contribution in [-0.4, -0.2) is 26.1 Å². The van der Waals surface area contributed by atoms with Crippen LogP contribution >= 0.6 is 0 Å². The van der Waals surface area contributed by atoms with Crippen molar-refractivity contribution in [3.05, 3.63) is 105 Å². The third-order valence-corrected chi connectivity index (χ3v) is 7.16. The van der Waals surface area contributed by atoms with Crippen LogP contribution in [0.3, 0.4) is 0 Å². The van der Waals surface area contributed by atoms with Gasteiger partial charge >= 0.3 is 5.97 Å².